The predicted octanol–water partition coefficient (Wildman–Crippen LogP) is 2.14. The Labute approximate surface area is 96.1 Å². The fourth-order valence-electron chi connectivity index (χ4n) is 1.44. The zero-order chi connectivity index (χ0) is 10.7. The Kier molecular flexibility index (Phi) is 3.39. The third kappa shape index (κ3) is 2.58. The Morgan fingerprint density at radius 1 is 1.33 bits per heavy atom. The molecule has 0 atom stereocenters. The Morgan fingerprint density at radius 2 is 2.20 bits per heavy atom. The van der Waals surface area contributed by atoms with Crippen molar-refractivity contribution in [3.05, 3.63) is 18.2 Å². The predicted molar refractivity (Wildman–Crippen MR) is 64.4 cm³/mol. The number of benzene rings is 1. The molecule has 4 heteroatoms. The third-order valence-corrected chi connectivity index (χ3v) is 3.46. The van der Waals surface area contributed by atoms with E-state index in [1.54, 1.807) is 0 Å². The van der Waals surface area contributed by atoms with Gasteiger partial charge in [0.05, 0.1) is 0 Å². The van der Waals surface area contributed by atoms with Gasteiger partial charge in [0.1, 0.15) is 0 Å². The number of aromatic nitrogens is 2. The van der Waals surface area contributed by atoms with E-state index in [-0.39, 0.29) is 15.0 Å². The summed E-state index contributed by atoms with van der Waals surface area (Å²) >= 11 is 0.0676. The van der Waals surface area contributed by atoms with Crippen LogP contribution in [-0.4, -0.2) is 29.5 Å². The van der Waals surface area contributed by atoms with Crippen molar-refractivity contribution in [1.29, 1.82) is 0 Å². The molecule has 0 radical (unpaired) electrons. The summed E-state index contributed by atoms with van der Waals surface area (Å²) in [5.41, 5.74) is 3.24. The molecule has 80 valence electrons. The van der Waals surface area contributed by atoms with E-state index in [1.807, 2.05) is 12.1 Å². The van der Waals surface area contributed by atoms with Crippen LogP contribution in [0.15, 0.2) is 18.2 Å². The van der Waals surface area contributed by atoms with Crippen LogP contribution in [0, 0.1) is 5.92 Å². The van der Waals surface area contributed by atoms with Gasteiger partial charge in [0.25, 0.3) is 0 Å². The van der Waals surface area contributed by atoms with E-state index >= 15 is 0 Å². The summed E-state index contributed by atoms with van der Waals surface area (Å²) in [6.45, 7) is 5.48. The first-order chi connectivity index (χ1) is 7.27. The standard InChI is InChI=1S/C11H15N3Se/c1-8(2)6-7-12-9-4-3-5-10-11(9)14-15-13-10/h3-5,8,12H,6-7H2,1-2H3. The molecule has 0 aliphatic heterocycles. The average Bonchev–Trinajstić information content (AvgIpc) is 2.65. The van der Waals surface area contributed by atoms with Crippen molar-refractivity contribution in [3.8, 4) is 0 Å². The van der Waals surface area contributed by atoms with Crippen LogP contribution in [0.1, 0.15) is 20.3 Å². The molecule has 1 N–H and O–H groups in total. The number of fused-ring (bicyclic) bond motifs is 1. The van der Waals surface area contributed by atoms with Gasteiger partial charge in [0, 0.05) is 0 Å². The van der Waals surface area contributed by atoms with E-state index in [1.165, 1.54) is 6.42 Å². The minimum absolute atomic E-state index is 0.0676. The van der Waals surface area contributed by atoms with Gasteiger partial charge in [0.15, 0.2) is 0 Å². The fraction of sp³-hybridized carbons (Fsp3) is 0.455. The molecule has 1 heterocycles. The van der Waals surface area contributed by atoms with Crippen LogP contribution in [0.25, 0.3) is 11.0 Å². The van der Waals surface area contributed by atoms with E-state index in [2.05, 4.69) is 33.2 Å². The first kappa shape index (κ1) is 10.7. The van der Waals surface area contributed by atoms with Gasteiger partial charge in [-0.25, -0.2) is 0 Å². The molecule has 0 fully saturated rings. The Hall–Kier alpha value is -0.861. The number of nitrogens with one attached hydrogen (secondary N) is 1. The van der Waals surface area contributed by atoms with Gasteiger partial charge in [-0.3, -0.25) is 0 Å². The molecule has 2 aromatic rings. The quantitative estimate of drug-likeness (QED) is 0.863. The topological polar surface area (TPSA) is 37.8 Å². The molecule has 0 amide bonds. The first-order valence-electron chi connectivity index (χ1n) is 5.22. The minimum atomic E-state index is 0.0676. The molecule has 1 aromatic heterocycles. The molecule has 0 spiro atoms. The summed E-state index contributed by atoms with van der Waals surface area (Å²) in [5, 5.41) is 3.43. The normalized spacial score (nSPS) is 11.1. The molecular formula is C11H15N3Se. The Morgan fingerprint density at radius 3 is 3.00 bits per heavy atom. The maximum atomic E-state index is 4.43. The molecule has 1 aromatic carbocycles. The average molecular weight is 268 g/mol. The van der Waals surface area contributed by atoms with Crippen molar-refractivity contribution >= 4 is 31.7 Å². The van der Waals surface area contributed by atoms with Crippen LogP contribution in [0.3, 0.4) is 0 Å². The Bertz CT molecular complexity index is 436. The zero-order valence-corrected chi connectivity index (χ0v) is 10.7. The third-order valence-electron chi connectivity index (χ3n) is 2.32. The second-order valence-electron chi connectivity index (χ2n) is 4.05. The van der Waals surface area contributed by atoms with E-state index in [0.29, 0.717) is 0 Å². The van der Waals surface area contributed by atoms with Gasteiger partial charge < -0.3 is 0 Å². The van der Waals surface area contributed by atoms with E-state index in [4.69, 9.17) is 0 Å². The summed E-state index contributed by atoms with van der Waals surface area (Å²) in [4.78, 5) is 0. The fourth-order valence-corrected chi connectivity index (χ4v) is 2.60. The zero-order valence-electron chi connectivity index (χ0n) is 9.03. The van der Waals surface area contributed by atoms with Crippen molar-refractivity contribution in [1.82, 2.24) is 7.96 Å². The molecule has 0 bridgehead atoms. The van der Waals surface area contributed by atoms with Gasteiger partial charge in [-0.2, -0.15) is 0 Å². The summed E-state index contributed by atoms with van der Waals surface area (Å²) < 4.78 is 8.79. The van der Waals surface area contributed by atoms with Gasteiger partial charge in [-0.1, -0.05) is 0 Å². The van der Waals surface area contributed by atoms with Crippen molar-refractivity contribution in [2.75, 3.05) is 11.9 Å². The van der Waals surface area contributed by atoms with Crippen LogP contribution < -0.4 is 5.32 Å². The van der Waals surface area contributed by atoms with Gasteiger partial charge >= 0.3 is 95.9 Å². The van der Waals surface area contributed by atoms with E-state index in [0.717, 1.165) is 29.2 Å². The van der Waals surface area contributed by atoms with Gasteiger partial charge in [-0.05, 0) is 0 Å². The molecule has 0 unspecified atom stereocenters. The summed E-state index contributed by atoms with van der Waals surface area (Å²) in [6.07, 6.45) is 1.19. The maximum absolute atomic E-state index is 4.43. The summed E-state index contributed by atoms with van der Waals surface area (Å²) in [5.74, 6) is 0.736. The SMILES string of the molecule is CC(C)CCNc1cccc2n[se]nc12. The van der Waals surface area contributed by atoms with Crippen molar-refractivity contribution in [2.24, 2.45) is 5.92 Å². The van der Waals surface area contributed by atoms with Gasteiger partial charge in [-0.15, -0.1) is 0 Å². The molecule has 3 nitrogen and oxygen atoms in total. The van der Waals surface area contributed by atoms with E-state index < -0.39 is 0 Å². The summed E-state index contributed by atoms with van der Waals surface area (Å²) in [7, 11) is 0. The first-order valence-corrected chi connectivity index (χ1v) is 6.76. The number of hydrogen-bond acceptors (Lipinski definition) is 3. The number of rotatable bonds is 4. The number of hydrogen-bond donors (Lipinski definition) is 1. The summed E-state index contributed by atoms with van der Waals surface area (Å²) in [6, 6.07) is 6.15. The molecule has 0 aliphatic rings. The van der Waals surface area contributed by atoms with Crippen LogP contribution in [0.5, 0.6) is 0 Å². The molecule has 0 saturated heterocycles. The molecule has 2 rings (SSSR count). The molecule has 15 heavy (non-hydrogen) atoms. The second kappa shape index (κ2) is 4.77. The van der Waals surface area contributed by atoms with Crippen LogP contribution >= 0.6 is 0 Å². The second-order valence-corrected chi connectivity index (χ2v) is 5.16. The van der Waals surface area contributed by atoms with E-state index in [9.17, 15) is 0 Å². The Balaban J connectivity index is 2.10. The van der Waals surface area contributed by atoms with Crippen LogP contribution in [0.4, 0.5) is 5.69 Å². The van der Waals surface area contributed by atoms with Crippen molar-refractivity contribution in [2.45, 2.75) is 20.3 Å². The number of nitrogens with zero attached hydrogens (tertiary/aromatic N) is 2. The number of anilines is 1. The van der Waals surface area contributed by atoms with Crippen molar-refractivity contribution in [3.63, 3.8) is 0 Å². The molecular weight excluding hydrogens is 253 g/mol. The van der Waals surface area contributed by atoms with Crippen LogP contribution in [-0.2, 0) is 0 Å². The van der Waals surface area contributed by atoms with Crippen molar-refractivity contribution < 1.29 is 0 Å². The monoisotopic (exact) mass is 269 g/mol. The van der Waals surface area contributed by atoms with Gasteiger partial charge in [0.2, 0.25) is 0 Å². The van der Waals surface area contributed by atoms with Crippen LogP contribution in [0.2, 0.25) is 0 Å². The molecule has 0 aliphatic carbocycles. The molecule has 0 saturated carbocycles.